The van der Waals surface area contributed by atoms with E-state index in [1.165, 1.54) is 6.07 Å². The Morgan fingerprint density at radius 1 is 1.15 bits per heavy atom. The first-order chi connectivity index (χ1) is 15.9. The molecule has 8 nitrogen and oxygen atoms in total. The number of carboxylic acids is 1. The van der Waals surface area contributed by atoms with E-state index in [9.17, 15) is 15.0 Å². The van der Waals surface area contributed by atoms with Gasteiger partial charge < -0.3 is 24.5 Å². The zero-order chi connectivity index (χ0) is 23.1. The third kappa shape index (κ3) is 3.90. The van der Waals surface area contributed by atoms with E-state index in [0.717, 1.165) is 16.5 Å². The second kappa shape index (κ2) is 8.23. The molecule has 0 amide bonds. The number of ether oxygens (including phenoxy) is 1. The number of halogens is 1. The van der Waals surface area contributed by atoms with E-state index < -0.39 is 5.97 Å². The maximum atomic E-state index is 11.4. The highest BCUT2D eigenvalue weighted by molar-refractivity contribution is 6.33. The molecule has 0 radical (unpaired) electrons. The number of aliphatic hydroxyl groups excluding tert-OH is 1. The first-order valence-electron chi connectivity index (χ1n) is 10.2. The van der Waals surface area contributed by atoms with Crippen LogP contribution < -0.4 is 4.74 Å². The number of nitrogens with zero attached hydrogens (tertiary/aromatic N) is 3. The van der Waals surface area contributed by atoms with Crippen LogP contribution in [0.1, 0.15) is 15.9 Å². The highest BCUT2D eigenvalue weighted by Gasteiger charge is 2.15. The number of nitrogens with one attached hydrogen (secondary N) is 1. The van der Waals surface area contributed by atoms with Gasteiger partial charge in [0, 0.05) is 29.2 Å². The number of aromatic nitrogens is 4. The molecule has 9 heteroatoms. The van der Waals surface area contributed by atoms with Gasteiger partial charge in [-0.2, -0.15) is 4.98 Å². The van der Waals surface area contributed by atoms with Gasteiger partial charge >= 0.3 is 12.0 Å². The van der Waals surface area contributed by atoms with E-state index in [4.69, 9.17) is 16.3 Å². The second-order valence-electron chi connectivity index (χ2n) is 7.62. The lowest BCUT2D eigenvalue weighted by atomic mass is 10.1. The summed E-state index contributed by atoms with van der Waals surface area (Å²) in [6, 6.07) is 14.6. The second-order valence-corrected chi connectivity index (χ2v) is 8.03. The number of hydrogen-bond donors (Lipinski definition) is 3. The summed E-state index contributed by atoms with van der Waals surface area (Å²) in [7, 11) is 0. The van der Waals surface area contributed by atoms with Crippen molar-refractivity contribution in [2.24, 2.45) is 0 Å². The molecule has 3 N–H and O–H groups in total. The topological polar surface area (TPSA) is 113 Å². The van der Waals surface area contributed by atoms with E-state index >= 15 is 0 Å². The van der Waals surface area contributed by atoms with Crippen LogP contribution in [0, 0.1) is 6.92 Å². The number of fused-ring (bicyclic) bond motifs is 2. The summed E-state index contributed by atoms with van der Waals surface area (Å²) in [5.74, 6) is -0.675. The van der Waals surface area contributed by atoms with Crippen molar-refractivity contribution in [1.29, 1.82) is 0 Å². The maximum Gasteiger partial charge on any atom is 0.336 e. The van der Waals surface area contributed by atoms with Crippen LogP contribution in [0.3, 0.4) is 0 Å². The molecule has 2 aromatic carbocycles. The van der Waals surface area contributed by atoms with Gasteiger partial charge in [-0.05, 0) is 48.9 Å². The number of carbonyl (C=O) groups is 1. The highest BCUT2D eigenvalue weighted by atomic mass is 35.5. The van der Waals surface area contributed by atoms with Crippen molar-refractivity contribution >= 4 is 39.6 Å². The summed E-state index contributed by atoms with van der Waals surface area (Å²) < 4.78 is 7.72. The Bertz CT molecular complexity index is 1520. The normalized spacial score (nSPS) is 11.4. The van der Waals surface area contributed by atoms with Crippen molar-refractivity contribution in [2.45, 2.75) is 13.5 Å². The molecular formula is C24H19ClN4O4. The summed E-state index contributed by atoms with van der Waals surface area (Å²) in [5, 5.41) is 20.0. The quantitative estimate of drug-likeness (QED) is 0.326. The highest BCUT2D eigenvalue weighted by Crippen LogP contribution is 2.32. The van der Waals surface area contributed by atoms with Crippen LogP contribution in [0.5, 0.6) is 11.8 Å². The Balaban J connectivity index is 1.49. The molecular weight excluding hydrogens is 444 g/mol. The molecule has 3 heterocycles. The molecule has 0 saturated carbocycles. The van der Waals surface area contributed by atoms with Gasteiger partial charge in [-0.15, -0.1) is 0 Å². The van der Waals surface area contributed by atoms with Crippen LogP contribution in [-0.4, -0.2) is 42.3 Å². The Morgan fingerprint density at radius 3 is 2.79 bits per heavy atom. The molecule has 0 aliphatic heterocycles. The molecule has 0 unspecified atom stereocenters. The predicted octanol–water partition coefficient (Wildman–Crippen LogP) is 5.02. The number of imidazole rings is 1. The van der Waals surface area contributed by atoms with E-state index in [1.54, 1.807) is 25.1 Å². The summed E-state index contributed by atoms with van der Waals surface area (Å²) in [5.41, 5.74) is 4.26. The lowest BCUT2D eigenvalue weighted by molar-refractivity contribution is 0.0695. The molecule has 5 rings (SSSR count). The van der Waals surface area contributed by atoms with E-state index in [0.29, 0.717) is 39.7 Å². The molecule has 166 valence electrons. The minimum Gasteiger partial charge on any atom is -0.478 e. The zero-order valence-electron chi connectivity index (χ0n) is 17.5. The summed E-state index contributed by atoms with van der Waals surface area (Å²) in [6.07, 6.45) is 1.93. The Labute approximate surface area is 193 Å². The van der Waals surface area contributed by atoms with Gasteiger partial charge in [-0.1, -0.05) is 23.7 Å². The lowest BCUT2D eigenvalue weighted by Gasteiger charge is -2.06. The van der Waals surface area contributed by atoms with Crippen molar-refractivity contribution in [3.8, 4) is 23.0 Å². The van der Waals surface area contributed by atoms with Crippen LogP contribution in [0.2, 0.25) is 5.02 Å². The van der Waals surface area contributed by atoms with E-state index in [2.05, 4.69) is 15.0 Å². The first-order valence-corrected chi connectivity index (χ1v) is 10.6. The van der Waals surface area contributed by atoms with Gasteiger partial charge in [0.15, 0.2) is 5.65 Å². The van der Waals surface area contributed by atoms with Gasteiger partial charge in [-0.25, -0.2) is 9.78 Å². The molecule has 0 spiro atoms. The van der Waals surface area contributed by atoms with Crippen LogP contribution in [0.25, 0.3) is 33.3 Å². The molecule has 0 fully saturated rings. The third-order valence-electron chi connectivity index (χ3n) is 5.44. The smallest absolute Gasteiger partial charge is 0.336 e. The fraction of sp³-hybridized carbons (Fsp3) is 0.125. The standard InChI is InChI=1S/C24H19ClN4O4/c1-13-2-4-16(11-17(13)23(31)32)33-24-26-19-12-18(25)21(27-22(19)28-24)15-3-5-20-14(10-15)6-7-29(20)8-9-30/h2-7,10-12,30H,8-9H2,1H3,(H,31,32)(H,26,27,28). The number of rotatable bonds is 6. The number of aryl methyl sites for hydroxylation is 1. The first kappa shape index (κ1) is 21.0. The third-order valence-corrected chi connectivity index (χ3v) is 5.73. The van der Waals surface area contributed by atoms with Crippen molar-refractivity contribution in [3.05, 3.63) is 70.9 Å². The Kier molecular flexibility index (Phi) is 5.24. The number of pyridine rings is 1. The van der Waals surface area contributed by atoms with Gasteiger partial charge in [0.1, 0.15) is 5.75 Å². The average Bonchev–Trinajstić information content (AvgIpc) is 3.37. The Hall–Kier alpha value is -3.88. The van der Waals surface area contributed by atoms with Crippen LogP contribution >= 0.6 is 11.6 Å². The zero-order valence-corrected chi connectivity index (χ0v) is 18.3. The van der Waals surface area contributed by atoms with Gasteiger partial charge in [0.25, 0.3) is 0 Å². The number of carboxylic acid groups (broad SMARTS) is 1. The number of hydrogen-bond acceptors (Lipinski definition) is 5. The van der Waals surface area contributed by atoms with E-state index in [-0.39, 0.29) is 18.2 Å². The SMILES string of the molecule is Cc1ccc(Oc2nc3nc(-c4ccc5c(ccn5CCO)c4)c(Cl)cc3[nH]2)cc1C(=O)O. The van der Waals surface area contributed by atoms with Crippen LogP contribution in [0.15, 0.2) is 54.7 Å². The number of aromatic carboxylic acids is 1. The fourth-order valence-electron chi connectivity index (χ4n) is 3.80. The predicted molar refractivity (Wildman–Crippen MR) is 125 cm³/mol. The van der Waals surface area contributed by atoms with Crippen molar-refractivity contribution in [1.82, 2.24) is 19.5 Å². The molecule has 5 aromatic rings. The van der Waals surface area contributed by atoms with E-state index in [1.807, 2.05) is 35.0 Å². The molecule has 0 saturated heterocycles. The van der Waals surface area contributed by atoms with Crippen molar-refractivity contribution in [2.75, 3.05) is 6.61 Å². The van der Waals surface area contributed by atoms with Crippen molar-refractivity contribution < 1.29 is 19.7 Å². The summed E-state index contributed by atoms with van der Waals surface area (Å²) in [6.45, 7) is 2.32. The monoisotopic (exact) mass is 462 g/mol. The minimum absolute atomic E-state index is 0.0688. The van der Waals surface area contributed by atoms with Gasteiger partial charge in [-0.3, -0.25) is 0 Å². The van der Waals surface area contributed by atoms with Crippen LogP contribution in [0.4, 0.5) is 0 Å². The van der Waals surface area contributed by atoms with Gasteiger partial charge in [0.2, 0.25) is 0 Å². The number of aromatic amines is 1. The van der Waals surface area contributed by atoms with Crippen LogP contribution in [-0.2, 0) is 6.54 Å². The number of benzene rings is 2. The summed E-state index contributed by atoms with van der Waals surface area (Å²) >= 11 is 6.53. The average molecular weight is 463 g/mol. The number of H-pyrrole nitrogens is 1. The molecule has 3 aromatic heterocycles. The number of aliphatic hydroxyl groups is 1. The Morgan fingerprint density at radius 2 is 2.00 bits per heavy atom. The summed E-state index contributed by atoms with van der Waals surface area (Å²) in [4.78, 5) is 23.4. The molecule has 0 atom stereocenters. The van der Waals surface area contributed by atoms with Crippen molar-refractivity contribution in [3.63, 3.8) is 0 Å². The fourth-order valence-corrected chi connectivity index (χ4v) is 4.06. The van der Waals surface area contributed by atoms with Gasteiger partial charge in [0.05, 0.1) is 28.4 Å². The molecule has 0 aliphatic rings. The molecule has 0 aliphatic carbocycles. The minimum atomic E-state index is -1.02. The molecule has 33 heavy (non-hydrogen) atoms. The maximum absolute atomic E-state index is 11.4. The largest absolute Gasteiger partial charge is 0.478 e. The lowest BCUT2D eigenvalue weighted by Crippen LogP contribution is -2.00. The molecule has 0 bridgehead atoms.